The van der Waals surface area contributed by atoms with Crippen molar-refractivity contribution in [2.24, 2.45) is 0 Å². The predicted octanol–water partition coefficient (Wildman–Crippen LogP) is 0.957. The quantitative estimate of drug-likeness (QED) is 0.809. The van der Waals surface area contributed by atoms with E-state index in [2.05, 4.69) is 10.0 Å². The first-order valence-electron chi connectivity index (χ1n) is 5.81. The topological polar surface area (TPSA) is 61.4 Å². The maximum Gasteiger partial charge on any atom is 0.242 e. The van der Waals surface area contributed by atoms with Crippen molar-refractivity contribution in [1.82, 2.24) is 9.62 Å². The minimum absolute atomic E-state index is 0.140. The Labute approximate surface area is 109 Å². The van der Waals surface area contributed by atoms with E-state index in [1.807, 2.05) is 25.9 Å². The summed E-state index contributed by atoms with van der Waals surface area (Å²) in [4.78, 5) is 2.24. The van der Waals surface area contributed by atoms with Crippen molar-refractivity contribution in [3.05, 3.63) is 24.3 Å². The number of rotatable bonds is 6. The van der Waals surface area contributed by atoms with E-state index in [0.29, 0.717) is 12.2 Å². The van der Waals surface area contributed by atoms with Gasteiger partial charge in [-0.1, -0.05) is 12.1 Å². The third kappa shape index (κ3) is 3.69. The van der Waals surface area contributed by atoms with Gasteiger partial charge in [0.1, 0.15) is 4.90 Å². The van der Waals surface area contributed by atoms with Crippen molar-refractivity contribution < 1.29 is 8.42 Å². The summed E-state index contributed by atoms with van der Waals surface area (Å²) in [7, 11) is 2.07. The fourth-order valence-corrected chi connectivity index (χ4v) is 2.73. The third-order valence-electron chi connectivity index (χ3n) is 2.90. The second kappa shape index (κ2) is 6.17. The van der Waals surface area contributed by atoms with Crippen molar-refractivity contribution in [2.75, 3.05) is 33.0 Å². The number of benzene rings is 1. The van der Waals surface area contributed by atoms with Crippen LogP contribution in [0.1, 0.15) is 6.92 Å². The number of hydrogen-bond donors (Lipinski definition) is 2. The summed E-state index contributed by atoms with van der Waals surface area (Å²) >= 11 is 0. The van der Waals surface area contributed by atoms with Gasteiger partial charge in [-0.25, -0.2) is 13.1 Å². The van der Waals surface area contributed by atoms with Gasteiger partial charge in [-0.2, -0.15) is 0 Å². The minimum Gasteiger partial charge on any atom is -0.387 e. The van der Waals surface area contributed by atoms with Crippen molar-refractivity contribution in [2.45, 2.75) is 17.9 Å². The molecule has 0 spiro atoms. The summed E-state index contributed by atoms with van der Waals surface area (Å²) in [5.74, 6) is 0. The molecule has 0 saturated carbocycles. The van der Waals surface area contributed by atoms with Gasteiger partial charge in [-0.05, 0) is 33.2 Å². The zero-order valence-corrected chi connectivity index (χ0v) is 12.1. The molecule has 1 rings (SSSR count). The molecule has 102 valence electrons. The van der Waals surface area contributed by atoms with Gasteiger partial charge >= 0.3 is 0 Å². The van der Waals surface area contributed by atoms with Gasteiger partial charge in [-0.3, -0.25) is 0 Å². The molecule has 5 nitrogen and oxygen atoms in total. The van der Waals surface area contributed by atoms with Crippen molar-refractivity contribution in [3.8, 4) is 0 Å². The second-order valence-corrected chi connectivity index (χ2v) is 6.15. The molecule has 0 aromatic heterocycles. The van der Waals surface area contributed by atoms with Gasteiger partial charge in [0.2, 0.25) is 10.0 Å². The molecule has 18 heavy (non-hydrogen) atoms. The zero-order valence-electron chi connectivity index (χ0n) is 11.3. The second-order valence-electron chi connectivity index (χ2n) is 4.41. The van der Waals surface area contributed by atoms with Crippen LogP contribution in [0.25, 0.3) is 0 Å². The molecule has 0 heterocycles. The van der Waals surface area contributed by atoms with Crippen LogP contribution in [0.2, 0.25) is 0 Å². The van der Waals surface area contributed by atoms with Crippen LogP contribution >= 0.6 is 0 Å². The Hall–Kier alpha value is -1.11. The Morgan fingerprint density at radius 1 is 1.28 bits per heavy atom. The average molecular weight is 271 g/mol. The molecule has 0 bridgehead atoms. The molecule has 0 aliphatic carbocycles. The van der Waals surface area contributed by atoms with E-state index in [0.717, 1.165) is 0 Å². The smallest absolute Gasteiger partial charge is 0.242 e. The van der Waals surface area contributed by atoms with E-state index in [9.17, 15) is 8.42 Å². The zero-order chi connectivity index (χ0) is 13.8. The van der Waals surface area contributed by atoms with Gasteiger partial charge in [0.25, 0.3) is 0 Å². The number of para-hydroxylation sites is 1. The molecule has 1 aromatic carbocycles. The van der Waals surface area contributed by atoms with E-state index < -0.39 is 10.0 Å². The fourth-order valence-electron chi connectivity index (χ4n) is 1.40. The number of nitrogens with zero attached hydrogens (tertiary/aromatic N) is 1. The molecule has 1 atom stereocenters. The molecule has 0 aliphatic rings. The monoisotopic (exact) mass is 271 g/mol. The van der Waals surface area contributed by atoms with Gasteiger partial charge in [0, 0.05) is 19.6 Å². The highest BCUT2D eigenvalue weighted by molar-refractivity contribution is 7.89. The van der Waals surface area contributed by atoms with E-state index in [1.165, 1.54) is 0 Å². The van der Waals surface area contributed by atoms with Crippen LogP contribution in [0.15, 0.2) is 29.2 Å². The van der Waals surface area contributed by atoms with Crippen molar-refractivity contribution in [1.29, 1.82) is 0 Å². The molecule has 0 fully saturated rings. The molecule has 0 saturated heterocycles. The van der Waals surface area contributed by atoms with Crippen LogP contribution in [0, 0.1) is 0 Å². The Morgan fingerprint density at radius 2 is 1.89 bits per heavy atom. The Morgan fingerprint density at radius 3 is 2.44 bits per heavy atom. The first-order valence-corrected chi connectivity index (χ1v) is 7.29. The molecular weight excluding hydrogens is 250 g/mol. The maximum absolute atomic E-state index is 12.2. The largest absolute Gasteiger partial charge is 0.387 e. The third-order valence-corrected chi connectivity index (χ3v) is 4.38. The van der Waals surface area contributed by atoms with E-state index in [4.69, 9.17) is 0 Å². The summed E-state index contributed by atoms with van der Waals surface area (Å²) in [5.41, 5.74) is 0.600. The summed E-state index contributed by atoms with van der Waals surface area (Å²) in [6.07, 6.45) is 0. The first-order chi connectivity index (χ1) is 8.38. The summed E-state index contributed by atoms with van der Waals surface area (Å²) in [6, 6.07) is 6.98. The van der Waals surface area contributed by atoms with Crippen LogP contribution in [0.4, 0.5) is 5.69 Å². The van der Waals surface area contributed by atoms with Crippen molar-refractivity contribution >= 4 is 15.7 Å². The standard InChI is InChI=1S/C12H21N3O2S/c1-10(15(3)4)9-14-18(16,17)12-8-6-5-7-11(12)13-2/h5-8,10,13-14H,9H2,1-4H3. The molecule has 0 amide bonds. The van der Waals surface area contributed by atoms with E-state index in [-0.39, 0.29) is 10.9 Å². The lowest BCUT2D eigenvalue weighted by Gasteiger charge is -2.20. The minimum atomic E-state index is -3.47. The first kappa shape index (κ1) is 14.9. The SMILES string of the molecule is CNc1ccccc1S(=O)(=O)NCC(C)N(C)C. The highest BCUT2D eigenvalue weighted by atomic mass is 32.2. The molecule has 2 N–H and O–H groups in total. The Kier molecular flexibility index (Phi) is 5.13. The lowest BCUT2D eigenvalue weighted by molar-refractivity contribution is 0.314. The Bertz CT molecular complexity index is 486. The summed E-state index contributed by atoms with van der Waals surface area (Å²) in [5, 5.41) is 2.88. The van der Waals surface area contributed by atoms with Gasteiger partial charge < -0.3 is 10.2 Å². The van der Waals surface area contributed by atoms with Crippen LogP contribution in [0.5, 0.6) is 0 Å². The number of sulfonamides is 1. The summed E-state index contributed by atoms with van der Waals surface area (Å²) < 4.78 is 27.0. The highest BCUT2D eigenvalue weighted by Gasteiger charge is 2.18. The molecule has 1 unspecified atom stereocenters. The maximum atomic E-state index is 12.2. The molecule has 0 radical (unpaired) electrons. The number of anilines is 1. The van der Waals surface area contributed by atoms with Crippen LogP contribution in [-0.4, -0.2) is 47.0 Å². The normalized spacial score (nSPS) is 13.6. The van der Waals surface area contributed by atoms with Gasteiger partial charge in [-0.15, -0.1) is 0 Å². The van der Waals surface area contributed by atoms with Crippen LogP contribution < -0.4 is 10.0 Å². The molecule has 0 aliphatic heterocycles. The van der Waals surface area contributed by atoms with E-state index >= 15 is 0 Å². The van der Waals surface area contributed by atoms with E-state index in [1.54, 1.807) is 31.3 Å². The Balaban J connectivity index is 2.87. The van der Waals surface area contributed by atoms with Crippen LogP contribution in [0.3, 0.4) is 0 Å². The predicted molar refractivity (Wildman–Crippen MR) is 74.3 cm³/mol. The number of hydrogen-bond acceptors (Lipinski definition) is 4. The number of likely N-dealkylation sites (N-methyl/N-ethyl adjacent to an activating group) is 1. The molecule has 1 aromatic rings. The fraction of sp³-hybridized carbons (Fsp3) is 0.500. The average Bonchev–Trinajstić information content (AvgIpc) is 2.35. The number of nitrogens with one attached hydrogen (secondary N) is 2. The summed E-state index contributed by atoms with van der Waals surface area (Å²) in [6.45, 7) is 2.35. The molecular formula is C12H21N3O2S. The van der Waals surface area contributed by atoms with Gasteiger partial charge in [0.05, 0.1) is 5.69 Å². The lowest BCUT2D eigenvalue weighted by atomic mass is 10.3. The lowest BCUT2D eigenvalue weighted by Crippen LogP contribution is -2.38. The molecule has 6 heteroatoms. The van der Waals surface area contributed by atoms with Crippen molar-refractivity contribution in [3.63, 3.8) is 0 Å². The highest BCUT2D eigenvalue weighted by Crippen LogP contribution is 2.19. The van der Waals surface area contributed by atoms with Gasteiger partial charge in [0.15, 0.2) is 0 Å². The van der Waals surface area contributed by atoms with Crippen LogP contribution in [-0.2, 0) is 10.0 Å².